The highest BCUT2D eigenvalue weighted by Gasteiger charge is 2.29. The van der Waals surface area contributed by atoms with E-state index in [1.165, 1.54) is 16.2 Å². The highest BCUT2D eigenvalue weighted by molar-refractivity contribution is 7.17. The van der Waals surface area contributed by atoms with Crippen LogP contribution in [0.3, 0.4) is 0 Å². The molecule has 2 aromatic heterocycles. The smallest absolute Gasteiger partial charge is 0.332 e. The van der Waals surface area contributed by atoms with Crippen LogP contribution in [0.15, 0.2) is 15.7 Å². The van der Waals surface area contributed by atoms with Crippen LogP contribution in [0.4, 0.5) is 5.00 Å². The molecule has 4 rings (SSSR count). The SMILES string of the molecule is Cc1noc(-c2c(NC(=O)C3=C(C(=O)O)CCCC3)sc3c2CCC3)n1. The number of rotatable bonds is 4. The minimum atomic E-state index is -1.00. The number of hydrogen-bond acceptors (Lipinski definition) is 6. The van der Waals surface area contributed by atoms with E-state index >= 15 is 0 Å². The van der Waals surface area contributed by atoms with Crippen molar-refractivity contribution in [2.45, 2.75) is 51.9 Å². The van der Waals surface area contributed by atoms with Gasteiger partial charge in [-0.3, -0.25) is 4.79 Å². The summed E-state index contributed by atoms with van der Waals surface area (Å²) >= 11 is 1.52. The summed E-state index contributed by atoms with van der Waals surface area (Å²) in [6, 6.07) is 0. The Hall–Kier alpha value is -2.48. The number of nitrogens with one attached hydrogen (secondary N) is 1. The monoisotopic (exact) mass is 373 g/mol. The molecule has 26 heavy (non-hydrogen) atoms. The second kappa shape index (κ2) is 6.68. The first-order chi connectivity index (χ1) is 12.5. The molecule has 0 spiro atoms. The Bertz CT molecular complexity index is 925. The van der Waals surface area contributed by atoms with Gasteiger partial charge in [0.2, 0.25) is 0 Å². The molecule has 2 aliphatic carbocycles. The molecule has 2 aromatic rings. The van der Waals surface area contributed by atoms with Gasteiger partial charge in [-0.25, -0.2) is 4.79 Å². The van der Waals surface area contributed by atoms with Crippen LogP contribution in [-0.2, 0) is 22.4 Å². The molecule has 0 aromatic carbocycles. The predicted molar refractivity (Wildman–Crippen MR) is 96.1 cm³/mol. The topological polar surface area (TPSA) is 105 Å². The summed E-state index contributed by atoms with van der Waals surface area (Å²) in [5, 5.41) is 16.9. The summed E-state index contributed by atoms with van der Waals surface area (Å²) in [5.41, 5.74) is 2.56. The van der Waals surface area contributed by atoms with Crippen molar-refractivity contribution in [1.82, 2.24) is 10.1 Å². The lowest BCUT2D eigenvalue weighted by atomic mass is 9.91. The summed E-state index contributed by atoms with van der Waals surface area (Å²) < 4.78 is 5.35. The molecule has 7 nitrogen and oxygen atoms in total. The van der Waals surface area contributed by atoms with Crippen LogP contribution in [0.25, 0.3) is 11.5 Å². The van der Waals surface area contributed by atoms with Crippen LogP contribution in [0.2, 0.25) is 0 Å². The molecule has 8 heteroatoms. The number of aliphatic carboxylic acids is 1. The van der Waals surface area contributed by atoms with Gasteiger partial charge >= 0.3 is 5.97 Å². The van der Waals surface area contributed by atoms with E-state index in [1.807, 2.05) is 0 Å². The van der Waals surface area contributed by atoms with E-state index in [1.54, 1.807) is 6.92 Å². The first-order valence-electron chi connectivity index (χ1n) is 8.76. The number of aromatic nitrogens is 2. The molecular weight excluding hydrogens is 354 g/mol. The van der Waals surface area contributed by atoms with E-state index < -0.39 is 5.97 Å². The van der Waals surface area contributed by atoms with Crippen molar-refractivity contribution < 1.29 is 19.2 Å². The number of carbonyl (C=O) groups is 2. The molecular formula is C18H19N3O4S. The van der Waals surface area contributed by atoms with Gasteiger partial charge in [-0.2, -0.15) is 4.98 Å². The second-order valence-electron chi connectivity index (χ2n) is 6.63. The second-order valence-corrected chi connectivity index (χ2v) is 7.74. The molecule has 136 valence electrons. The Morgan fingerprint density at radius 3 is 2.58 bits per heavy atom. The molecule has 0 saturated heterocycles. The Balaban J connectivity index is 1.71. The van der Waals surface area contributed by atoms with E-state index in [-0.39, 0.29) is 11.5 Å². The number of carboxylic acid groups (broad SMARTS) is 1. The molecule has 0 aliphatic heterocycles. The highest BCUT2D eigenvalue weighted by Crippen LogP contribution is 2.44. The number of aryl methyl sites for hydroxylation is 2. The first-order valence-corrected chi connectivity index (χ1v) is 9.58. The maximum Gasteiger partial charge on any atom is 0.332 e. The van der Waals surface area contributed by atoms with Crippen molar-refractivity contribution in [1.29, 1.82) is 0 Å². The number of carboxylic acids is 1. The molecule has 0 fully saturated rings. The lowest BCUT2D eigenvalue weighted by molar-refractivity contribution is -0.133. The number of carbonyl (C=O) groups excluding carboxylic acids is 1. The molecule has 2 N–H and O–H groups in total. The molecule has 0 bridgehead atoms. The Labute approximate surface area is 154 Å². The van der Waals surface area contributed by atoms with Gasteiger partial charge in [-0.05, 0) is 57.4 Å². The van der Waals surface area contributed by atoms with Crippen molar-refractivity contribution in [3.8, 4) is 11.5 Å². The van der Waals surface area contributed by atoms with Crippen LogP contribution < -0.4 is 5.32 Å². The third-order valence-corrected chi connectivity index (χ3v) is 6.10. The minimum absolute atomic E-state index is 0.230. The summed E-state index contributed by atoms with van der Waals surface area (Å²) in [6.45, 7) is 1.75. The van der Waals surface area contributed by atoms with E-state index in [2.05, 4.69) is 15.5 Å². The van der Waals surface area contributed by atoms with E-state index in [0.29, 0.717) is 35.1 Å². The highest BCUT2D eigenvalue weighted by atomic mass is 32.1. The van der Waals surface area contributed by atoms with Gasteiger partial charge in [0.15, 0.2) is 5.82 Å². The molecule has 0 saturated carbocycles. The third-order valence-electron chi connectivity index (χ3n) is 4.89. The summed E-state index contributed by atoms with van der Waals surface area (Å²) in [6.07, 6.45) is 5.53. The van der Waals surface area contributed by atoms with Crippen molar-refractivity contribution in [2.24, 2.45) is 0 Å². The predicted octanol–water partition coefficient (Wildman–Crippen LogP) is 3.49. The average molecular weight is 373 g/mol. The summed E-state index contributed by atoms with van der Waals surface area (Å²) in [4.78, 5) is 29.8. The molecule has 0 unspecified atom stereocenters. The molecule has 0 radical (unpaired) electrons. The van der Waals surface area contributed by atoms with E-state index in [9.17, 15) is 14.7 Å². The fraction of sp³-hybridized carbons (Fsp3) is 0.444. The zero-order valence-corrected chi connectivity index (χ0v) is 15.2. The molecule has 0 atom stereocenters. The van der Waals surface area contributed by atoms with Gasteiger partial charge in [0.1, 0.15) is 5.00 Å². The van der Waals surface area contributed by atoms with Gasteiger partial charge < -0.3 is 14.9 Å². The molecule has 2 aliphatic rings. The third kappa shape index (κ3) is 2.94. The number of anilines is 1. The van der Waals surface area contributed by atoms with Crippen LogP contribution in [0.5, 0.6) is 0 Å². The van der Waals surface area contributed by atoms with E-state index in [0.717, 1.165) is 43.2 Å². The first kappa shape index (κ1) is 17.0. The number of thiophene rings is 1. The van der Waals surface area contributed by atoms with Crippen molar-refractivity contribution in [3.05, 3.63) is 27.4 Å². The van der Waals surface area contributed by atoms with Gasteiger partial charge in [-0.1, -0.05) is 5.16 Å². The van der Waals surface area contributed by atoms with Gasteiger partial charge in [-0.15, -0.1) is 11.3 Å². The lowest BCUT2D eigenvalue weighted by Gasteiger charge is -2.17. The zero-order valence-electron chi connectivity index (χ0n) is 14.4. The average Bonchev–Trinajstić information content (AvgIpc) is 3.30. The Morgan fingerprint density at radius 1 is 1.12 bits per heavy atom. The number of hydrogen-bond donors (Lipinski definition) is 2. The number of amides is 1. The van der Waals surface area contributed by atoms with Crippen molar-refractivity contribution in [3.63, 3.8) is 0 Å². The summed E-state index contributed by atoms with van der Waals surface area (Å²) in [5.74, 6) is -0.387. The van der Waals surface area contributed by atoms with Crippen LogP contribution >= 0.6 is 11.3 Å². The van der Waals surface area contributed by atoms with Crippen molar-refractivity contribution in [2.75, 3.05) is 5.32 Å². The Kier molecular flexibility index (Phi) is 4.36. The quantitative estimate of drug-likeness (QED) is 0.850. The number of nitrogens with zero attached hydrogens (tertiary/aromatic N) is 2. The van der Waals surface area contributed by atoms with Gasteiger partial charge in [0.25, 0.3) is 11.8 Å². The molecule has 1 amide bonds. The van der Waals surface area contributed by atoms with Crippen LogP contribution in [0, 0.1) is 6.92 Å². The number of fused-ring (bicyclic) bond motifs is 1. The van der Waals surface area contributed by atoms with Crippen molar-refractivity contribution >= 4 is 28.2 Å². The maximum atomic E-state index is 12.8. The normalized spacial score (nSPS) is 16.7. The lowest BCUT2D eigenvalue weighted by Crippen LogP contribution is -2.21. The van der Waals surface area contributed by atoms with Crippen LogP contribution in [-0.4, -0.2) is 27.1 Å². The Morgan fingerprint density at radius 2 is 1.88 bits per heavy atom. The fourth-order valence-corrected chi connectivity index (χ4v) is 4.96. The largest absolute Gasteiger partial charge is 0.478 e. The summed E-state index contributed by atoms with van der Waals surface area (Å²) in [7, 11) is 0. The van der Waals surface area contributed by atoms with E-state index in [4.69, 9.17) is 4.52 Å². The minimum Gasteiger partial charge on any atom is -0.478 e. The zero-order chi connectivity index (χ0) is 18.3. The maximum absolute atomic E-state index is 12.8. The van der Waals surface area contributed by atoms with Gasteiger partial charge in [0, 0.05) is 16.0 Å². The molecule has 2 heterocycles. The fourth-order valence-electron chi connectivity index (χ4n) is 3.69. The van der Waals surface area contributed by atoms with Gasteiger partial charge in [0.05, 0.1) is 5.56 Å². The standard InChI is InChI=1S/C18H19N3O4S/c1-9-19-16(25-21-9)14-12-7-4-8-13(12)26-17(14)20-15(22)10-5-2-3-6-11(10)18(23)24/h2-8H2,1H3,(H,20,22)(H,23,24). The van der Waals surface area contributed by atoms with Crippen LogP contribution in [0.1, 0.15) is 48.4 Å².